The predicted molar refractivity (Wildman–Crippen MR) is 99.4 cm³/mol. The second-order valence-electron chi connectivity index (χ2n) is 6.14. The van der Waals surface area contributed by atoms with Crippen LogP contribution in [0.5, 0.6) is 0 Å². The number of halogens is 4. The highest BCUT2D eigenvalue weighted by Gasteiger charge is 2.31. The Bertz CT molecular complexity index is 1260. The highest BCUT2D eigenvalue weighted by Crippen LogP contribution is 2.38. The summed E-state index contributed by atoms with van der Waals surface area (Å²) in [5.74, 6) is -0.583. The molecule has 29 heavy (non-hydrogen) atoms. The highest BCUT2D eigenvalue weighted by atomic mass is 35.5. The number of methoxy groups -OCH3 is 1. The molecule has 0 fully saturated rings. The molecule has 4 rings (SSSR count). The van der Waals surface area contributed by atoms with Crippen molar-refractivity contribution in [3.8, 4) is 11.4 Å². The summed E-state index contributed by atoms with van der Waals surface area (Å²) in [5.41, 5.74) is 6.88. The fourth-order valence-electron chi connectivity index (χ4n) is 3.06. The van der Waals surface area contributed by atoms with Gasteiger partial charge in [-0.05, 0) is 12.1 Å². The topological polar surface area (TPSA) is 112 Å². The Kier molecular flexibility index (Phi) is 4.34. The van der Waals surface area contributed by atoms with Crippen molar-refractivity contribution in [2.45, 2.75) is 12.7 Å². The van der Waals surface area contributed by atoms with Crippen LogP contribution < -0.4 is 5.73 Å². The molecular weight excluding hydrogens is 413 g/mol. The fourth-order valence-corrected chi connectivity index (χ4v) is 3.36. The summed E-state index contributed by atoms with van der Waals surface area (Å²) >= 11 is 6.45. The zero-order valence-corrected chi connectivity index (χ0v) is 15.5. The van der Waals surface area contributed by atoms with E-state index in [9.17, 15) is 18.0 Å². The van der Waals surface area contributed by atoms with E-state index in [0.29, 0.717) is 15.6 Å². The van der Waals surface area contributed by atoms with E-state index >= 15 is 0 Å². The van der Waals surface area contributed by atoms with Gasteiger partial charge >= 0.3 is 12.1 Å². The molecule has 8 nitrogen and oxygen atoms in total. The molecule has 0 aliphatic rings. The molecule has 0 saturated heterocycles. The fraction of sp³-hybridized carbons (Fsp3) is 0.176. The normalized spacial score (nSPS) is 12.0. The zero-order valence-electron chi connectivity index (χ0n) is 14.7. The quantitative estimate of drug-likeness (QED) is 0.486. The number of nitrogens with two attached hydrogens (primary N) is 1. The van der Waals surface area contributed by atoms with Crippen LogP contribution in [-0.2, 0) is 11.3 Å². The van der Waals surface area contributed by atoms with Crippen molar-refractivity contribution in [1.82, 2.24) is 24.7 Å². The third kappa shape index (κ3) is 3.23. The number of carbonyl (C=O) groups excluding carboxylic acids is 1. The van der Waals surface area contributed by atoms with Crippen molar-refractivity contribution >= 4 is 45.3 Å². The van der Waals surface area contributed by atoms with Crippen molar-refractivity contribution < 1.29 is 22.7 Å². The standard InChI is InChI=1S/C17H12ClF3N6O2/c1-29-16(28)7-2-3-8-9(4-7)25-13(11(8)18)12-10-14(22)23-6-24-15(10)27(26-12)5-17(19,20)21/h2-4,6,25H,5H2,1H3,(H2,22,23,24). The Balaban J connectivity index is 1.96. The first-order valence-electron chi connectivity index (χ1n) is 8.13. The summed E-state index contributed by atoms with van der Waals surface area (Å²) in [7, 11) is 1.25. The molecule has 0 aliphatic carbocycles. The number of H-pyrrole nitrogens is 1. The molecule has 0 amide bonds. The van der Waals surface area contributed by atoms with Crippen LogP contribution in [0.3, 0.4) is 0 Å². The molecular formula is C17H12ClF3N6O2. The largest absolute Gasteiger partial charge is 0.465 e. The van der Waals surface area contributed by atoms with Crippen LogP contribution in [0, 0.1) is 0 Å². The van der Waals surface area contributed by atoms with Crippen LogP contribution in [0.1, 0.15) is 10.4 Å². The maximum atomic E-state index is 13.0. The molecule has 3 N–H and O–H groups in total. The van der Waals surface area contributed by atoms with Crippen molar-refractivity contribution in [3.63, 3.8) is 0 Å². The molecule has 0 unspecified atom stereocenters. The summed E-state index contributed by atoms with van der Waals surface area (Å²) in [4.78, 5) is 22.5. The van der Waals surface area contributed by atoms with Crippen LogP contribution in [0.2, 0.25) is 5.02 Å². The number of hydrogen-bond donors (Lipinski definition) is 2. The SMILES string of the molecule is COC(=O)c1ccc2c(Cl)c(-c3nn(CC(F)(F)F)c4ncnc(N)c34)[nH]c2c1. The Morgan fingerprint density at radius 2 is 2.10 bits per heavy atom. The second kappa shape index (κ2) is 6.62. The van der Waals surface area contributed by atoms with E-state index in [2.05, 4.69) is 24.8 Å². The number of aromatic nitrogens is 5. The van der Waals surface area contributed by atoms with Crippen LogP contribution in [-0.4, -0.2) is 44.0 Å². The molecule has 4 aromatic rings. The molecule has 12 heteroatoms. The molecule has 0 saturated carbocycles. The van der Waals surface area contributed by atoms with E-state index in [4.69, 9.17) is 17.3 Å². The number of nitrogen functional groups attached to an aromatic ring is 1. The van der Waals surface area contributed by atoms with Crippen molar-refractivity contribution in [2.75, 3.05) is 12.8 Å². The van der Waals surface area contributed by atoms with E-state index in [-0.39, 0.29) is 38.8 Å². The van der Waals surface area contributed by atoms with E-state index in [1.165, 1.54) is 19.2 Å². The van der Waals surface area contributed by atoms with E-state index in [1.807, 2.05) is 0 Å². The average molecular weight is 425 g/mol. The summed E-state index contributed by atoms with van der Waals surface area (Å²) in [5, 5.41) is 4.93. The molecule has 3 heterocycles. The number of benzene rings is 1. The van der Waals surface area contributed by atoms with Gasteiger partial charge in [0.2, 0.25) is 0 Å². The Morgan fingerprint density at radius 1 is 1.34 bits per heavy atom. The van der Waals surface area contributed by atoms with Gasteiger partial charge in [0.05, 0.1) is 28.8 Å². The number of alkyl halides is 3. The number of carbonyl (C=O) groups is 1. The maximum absolute atomic E-state index is 13.0. The minimum atomic E-state index is -4.52. The highest BCUT2D eigenvalue weighted by molar-refractivity contribution is 6.38. The predicted octanol–water partition coefficient (Wildman–Crippen LogP) is 3.56. The third-order valence-corrected chi connectivity index (χ3v) is 4.67. The zero-order chi connectivity index (χ0) is 20.9. The minimum Gasteiger partial charge on any atom is -0.465 e. The van der Waals surface area contributed by atoms with Crippen LogP contribution >= 0.6 is 11.6 Å². The van der Waals surface area contributed by atoms with E-state index in [0.717, 1.165) is 6.33 Å². The maximum Gasteiger partial charge on any atom is 0.408 e. The van der Waals surface area contributed by atoms with E-state index in [1.54, 1.807) is 6.07 Å². The van der Waals surface area contributed by atoms with Crippen LogP contribution in [0.25, 0.3) is 33.3 Å². The van der Waals surface area contributed by atoms with Gasteiger partial charge in [-0.1, -0.05) is 17.7 Å². The number of hydrogen-bond acceptors (Lipinski definition) is 6. The van der Waals surface area contributed by atoms with Crippen molar-refractivity contribution in [1.29, 1.82) is 0 Å². The lowest BCUT2D eigenvalue weighted by molar-refractivity contribution is -0.141. The van der Waals surface area contributed by atoms with Gasteiger partial charge < -0.3 is 15.5 Å². The third-order valence-electron chi connectivity index (χ3n) is 4.28. The molecule has 150 valence electrons. The monoisotopic (exact) mass is 424 g/mol. The second-order valence-corrected chi connectivity index (χ2v) is 6.52. The number of fused-ring (bicyclic) bond motifs is 2. The molecule has 0 bridgehead atoms. The molecule has 0 radical (unpaired) electrons. The molecule has 1 aromatic carbocycles. The van der Waals surface area contributed by atoms with Gasteiger partial charge in [0.25, 0.3) is 0 Å². The minimum absolute atomic E-state index is 0.0385. The summed E-state index contributed by atoms with van der Waals surface area (Å²) in [6.07, 6.45) is -3.46. The number of nitrogens with one attached hydrogen (secondary N) is 1. The Morgan fingerprint density at radius 3 is 2.79 bits per heavy atom. The van der Waals surface area contributed by atoms with Gasteiger partial charge in [-0.15, -0.1) is 0 Å². The lowest BCUT2D eigenvalue weighted by Gasteiger charge is -2.06. The van der Waals surface area contributed by atoms with Crippen LogP contribution in [0.4, 0.5) is 19.0 Å². The van der Waals surface area contributed by atoms with Gasteiger partial charge in [0.1, 0.15) is 24.4 Å². The summed E-state index contributed by atoms with van der Waals surface area (Å²) in [6.45, 7) is -1.36. The first-order valence-corrected chi connectivity index (χ1v) is 8.51. The number of rotatable bonds is 3. The number of nitrogens with zero attached hydrogens (tertiary/aromatic N) is 4. The molecule has 3 aromatic heterocycles. The first-order chi connectivity index (χ1) is 13.7. The van der Waals surface area contributed by atoms with Crippen molar-refractivity contribution in [3.05, 3.63) is 35.1 Å². The van der Waals surface area contributed by atoms with Crippen LogP contribution in [0.15, 0.2) is 24.5 Å². The summed E-state index contributed by atoms with van der Waals surface area (Å²) in [6, 6.07) is 4.64. The van der Waals surface area contributed by atoms with Gasteiger partial charge in [-0.2, -0.15) is 18.3 Å². The average Bonchev–Trinajstić information content (AvgIpc) is 3.18. The molecule has 0 aliphatic heterocycles. The first kappa shape index (κ1) is 19.0. The van der Waals surface area contributed by atoms with Gasteiger partial charge in [0.15, 0.2) is 5.65 Å². The molecule has 0 spiro atoms. The number of anilines is 1. The lowest BCUT2D eigenvalue weighted by Crippen LogP contribution is -2.19. The van der Waals surface area contributed by atoms with Gasteiger partial charge in [-0.3, -0.25) is 0 Å². The van der Waals surface area contributed by atoms with Gasteiger partial charge in [0, 0.05) is 10.9 Å². The lowest BCUT2D eigenvalue weighted by atomic mass is 10.1. The van der Waals surface area contributed by atoms with Crippen molar-refractivity contribution in [2.24, 2.45) is 0 Å². The molecule has 0 atom stereocenters. The number of esters is 1. The number of ether oxygens (including phenoxy) is 1. The smallest absolute Gasteiger partial charge is 0.408 e. The van der Waals surface area contributed by atoms with E-state index < -0.39 is 18.7 Å². The summed E-state index contributed by atoms with van der Waals surface area (Å²) < 4.78 is 44.3. The van der Waals surface area contributed by atoms with Gasteiger partial charge in [-0.25, -0.2) is 19.4 Å². The number of aromatic amines is 1. The Hall–Kier alpha value is -3.34. The Labute approximate surface area is 165 Å².